The van der Waals surface area contributed by atoms with Crippen molar-refractivity contribution in [2.75, 3.05) is 0 Å². The molecule has 0 heterocycles. The van der Waals surface area contributed by atoms with Crippen LogP contribution in [0.15, 0.2) is 0 Å². The molecule has 2 heteroatoms. The molecule has 0 saturated carbocycles. The van der Waals surface area contributed by atoms with Gasteiger partial charge in [0, 0.05) is 0 Å². The second kappa shape index (κ2) is 10.2. The summed E-state index contributed by atoms with van der Waals surface area (Å²) < 4.78 is 0. The van der Waals surface area contributed by atoms with Crippen LogP contribution in [-0.4, -0.2) is 0 Å². The number of hydrogen-bond acceptors (Lipinski definition) is 0. The van der Waals surface area contributed by atoms with Crippen molar-refractivity contribution in [1.29, 1.82) is 0 Å². The zero-order valence-electron chi connectivity index (χ0n) is 5.70. The molecule has 0 N–H and O–H groups in total. The Labute approximate surface area is 70.8 Å². The Morgan fingerprint density at radius 1 is 1.43 bits per heavy atom. The van der Waals surface area contributed by atoms with E-state index >= 15 is 0 Å². The standard InChI is InChI=1S/C5H10.2Li/c1-4-5(2)3;;/h5H,1-2,4H2,3H3;;/q-2;2*+1. The molecular formula is C5H10Li2. The Balaban J connectivity index is -0.0000000800. The Kier molecular flexibility index (Phi) is 23.0. The molecule has 0 aromatic heterocycles. The molecule has 0 rings (SSSR count). The van der Waals surface area contributed by atoms with Gasteiger partial charge in [-0.15, -0.1) is 0 Å². The number of hydrogen-bond donors (Lipinski definition) is 0. The first-order valence-corrected chi connectivity index (χ1v) is 1.89. The van der Waals surface area contributed by atoms with Crippen LogP contribution in [0, 0.1) is 19.8 Å². The predicted molar refractivity (Wildman–Crippen MR) is 24.5 cm³/mol. The Bertz CT molecular complexity index is 20.0. The summed E-state index contributed by atoms with van der Waals surface area (Å²) >= 11 is 0. The van der Waals surface area contributed by atoms with Gasteiger partial charge in [0.05, 0.1) is 0 Å². The molecular weight excluding hydrogens is 73.9 g/mol. The van der Waals surface area contributed by atoms with E-state index in [1.54, 1.807) is 0 Å². The van der Waals surface area contributed by atoms with Gasteiger partial charge in [-0.25, -0.2) is 12.3 Å². The van der Waals surface area contributed by atoms with Gasteiger partial charge < -0.3 is 13.8 Å². The Morgan fingerprint density at radius 2 is 1.57 bits per heavy atom. The second-order valence-electron chi connectivity index (χ2n) is 1.39. The molecule has 0 aliphatic rings. The fourth-order valence-corrected chi connectivity index (χ4v) is 0. The van der Waals surface area contributed by atoms with Gasteiger partial charge in [0.1, 0.15) is 0 Å². The van der Waals surface area contributed by atoms with Crippen molar-refractivity contribution in [3.05, 3.63) is 13.8 Å². The molecule has 0 spiro atoms. The Morgan fingerprint density at radius 3 is 1.57 bits per heavy atom. The average Bonchev–Trinajstić information content (AvgIpc) is 1.38. The molecule has 0 saturated heterocycles. The molecule has 0 amide bonds. The molecule has 0 aromatic carbocycles. The minimum absolute atomic E-state index is 0. The third kappa shape index (κ3) is 19.0. The summed E-state index contributed by atoms with van der Waals surface area (Å²) in [7, 11) is 0. The van der Waals surface area contributed by atoms with Gasteiger partial charge >= 0.3 is 37.7 Å². The van der Waals surface area contributed by atoms with Crippen molar-refractivity contribution in [1.82, 2.24) is 0 Å². The first-order valence-electron chi connectivity index (χ1n) is 1.89. The maximum Gasteiger partial charge on any atom is 1.00 e. The van der Waals surface area contributed by atoms with Gasteiger partial charge in [0.25, 0.3) is 0 Å². The third-order valence-electron chi connectivity index (χ3n) is 0.493. The SMILES string of the molecule is [CH2-]CC([CH2-])C.[Li+].[Li+]. The fourth-order valence-electron chi connectivity index (χ4n) is 0. The van der Waals surface area contributed by atoms with Gasteiger partial charge in [0.15, 0.2) is 0 Å². The van der Waals surface area contributed by atoms with Crippen LogP contribution in [0.3, 0.4) is 0 Å². The van der Waals surface area contributed by atoms with Crippen LogP contribution < -0.4 is 37.7 Å². The molecule has 0 radical (unpaired) electrons. The van der Waals surface area contributed by atoms with E-state index in [1.807, 2.05) is 6.92 Å². The van der Waals surface area contributed by atoms with Crippen LogP contribution in [0.25, 0.3) is 0 Å². The summed E-state index contributed by atoms with van der Waals surface area (Å²) in [6, 6.07) is 0. The largest absolute Gasteiger partial charge is 1.00 e. The summed E-state index contributed by atoms with van der Waals surface area (Å²) in [6.07, 6.45) is 0.944. The quantitative estimate of drug-likeness (QED) is 0.223. The van der Waals surface area contributed by atoms with Crippen LogP contribution in [-0.2, 0) is 0 Å². The molecule has 0 fully saturated rings. The molecule has 32 valence electrons. The molecule has 0 nitrogen and oxygen atoms in total. The van der Waals surface area contributed by atoms with Crippen molar-refractivity contribution < 1.29 is 37.7 Å². The van der Waals surface area contributed by atoms with Gasteiger partial charge in [-0.2, -0.15) is 0 Å². The van der Waals surface area contributed by atoms with E-state index in [9.17, 15) is 0 Å². The molecule has 0 aromatic rings. The third-order valence-corrected chi connectivity index (χ3v) is 0.493. The van der Waals surface area contributed by atoms with E-state index < -0.39 is 0 Å². The molecule has 0 bridgehead atoms. The molecule has 7 heavy (non-hydrogen) atoms. The normalized spacial score (nSPS) is 10.7. The molecule has 0 aliphatic heterocycles. The van der Waals surface area contributed by atoms with Crippen LogP contribution in [0.2, 0.25) is 0 Å². The van der Waals surface area contributed by atoms with Gasteiger partial charge in [-0.05, 0) is 0 Å². The van der Waals surface area contributed by atoms with Crippen LogP contribution in [0.5, 0.6) is 0 Å². The number of rotatable bonds is 1. The average molecular weight is 84.0 g/mol. The minimum atomic E-state index is 0. The van der Waals surface area contributed by atoms with Crippen molar-refractivity contribution in [3.8, 4) is 0 Å². The maximum absolute atomic E-state index is 3.69. The van der Waals surface area contributed by atoms with Gasteiger partial charge in [-0.3, -0.25) is 0 Å². The fraction of sp³-hybridized carbons (Fsp3) is 0.600. The molecule has 1 unspecified atom stereocenters. The van der Waals surface area contributed by atoms with E-state index in [0.29, 0.717) is 5.92 Å². The van der Waals surface area contributed by atoms with Crippen LogP contribution in [0.1, 0.15) is 13.3 Å². The van der Waals surface area contributed by atoms with E-state index in [0.717, 1.165) is 6.42 Å². The van der Waals surface area contributed by atoms with Gasteiger partial charge in [0.2, 0.25) is 0 Å². The summed E-state index contributed by atoms with van der Waals surface area (Å²) in [6.45, 7) is 9.37. The molecule has 1 atom stereocenters. The van der Waals surface area contributed by atoms with Crippen LogP contribution >= 0.6 is 0 Å². The molecule has 0 aliphatic carbocycles. The summed E-state index contributed by atoms with van der Waals surface area (Å²) in [5.74, 6) is 0.523. The predicted octanol–water partition coefficient (Wildman–Crippen LogP) is -4.31. The second-order valence-corrected chi connectivity index (χ2v) is 1.39. The first kappa shape index (κ1) is 15.7. The first-order chi connectivity index (χ1) is 2.27. The van der Waals surface area contributed by atoms with E-state index in [1.165, 1.54) is 0 Å². The van der Waals surface area contributed by atoms with E-state index in [4.69, 9.17) is 0 Å². The van der Waals surface area contributed by atoms with Crippen LogP contribution in [0.4, 0.5) is 0 Å². The maximum atomic E-state index is 3.69. The smallest absolute Gasteiger partial charge is 0.345 e. The zero-order valence-corrected chi connectivity index (χ0v) is 5.70. The zero-order chi connectivity index (χ0) is 4.28. The summed E-state index contributed by atoms with van der Waals surface area (Å²) in [4.78, 5) is 0. The van der Waals surface area contributed by atoms with E-state index in [-0.39, 0.29) is 37.7 Å². The summed E-state index contributed by atoms with van der Waals surface area (Å²) in [5, 5.41) is 0. The van der Waals surface area contributed by atoms with Crippen molar-refractivity contribution in [3.63, 3.8) is 0 Å². The van der Waals surface area contributed by atoms with Crippen molar-refractivity contribution in [2.45, 2.75) is 13.3 Å². The minimum Gasteiger partial charge on any atom is -0.345 e. The van der Waals surface area contributed by atoms with E-state index in [2.05, 4.69) is 13.8 Å². The van der Waals surface area contributed by atoms with Gasteiger partial charge in [-0.1, -0.05) is 6.92 Å². The van der Waals surface area contributed by atoms with Crippen molar-refractivity contribution in [2.24, 2.45) is 5.92 Å². The van der Waals surface area contributed by atoms with Crippen molar-refractivity contribution >= 4 is 0 Å². The summed E-state index contributed by atoms with van der Waals surface area (Å²) in [5.41, 5.74) is 0. The topological polar surface area (TPSA) is 0 Å². The Hall–Kier alpha value is 1.19. The monoisotopic (exact) mass is 84.1 g/mol.